The van der Waals surface area contributed by atoms with Crippen molar-refractivity contribution >= 4 is 50.4 Å². The number of halogens is 1. The molecule has 1 aliphatic carbocycles. The number of carbonyl (C=O) groups is 1. The summed E-state index contributed by atoms with van der Waals surface area (Å²) in [6.07, 6.45) is 6.00. The Bertz CT molecular complexity index is 1140. The van der Waals surface area contributed by atoms with Crippen LogP contribution in [0.5, 0.6) is 0 Å². The van der Waals surface area contributed by atoms with Crippen LogP contribution >= 0.6 is 22.9 Å². The summed E-state index contributed by atoms with van der Waals surface area (Å²) in [5.41, 5.74) is 2.65. The smallest absolute Gasteiger partial charge is 0.262 e. The van der Waals surface area contributed by atoms with E-state index >= 15 is 0 Å². The Labute approximate surface area is 178 Å². The van der Waals surface area contributed by atoms with Gasteiger partial charge in [-0.25, -0.2) is 4.98 Å². The van der Waals surface area contributed by atoms with Gasteiger partial charge in [-0.2, -0.15) is 0 Å². The van der Waals surface area contributed by atoms with Gasteiger partial charge in [0.1, 0.15) is 4.83 Å². The molecule has 0 radical (unpaired) electrons. The molecule has 1 amide bonds. The third-order valence-corrected chi connectivity index (χ3v) is 6.67. The Morgan fingerprint density at radius 3 is 2.90 bits per heavy atom. The summed E-state index contributed by atoms with van der Waals surface area (Å²) in [6, 6.07) is 5.38. The van der Waals surface area contributed by atoms with E-state index in [4.69, 9.17) is 11.6 Å². The highest BCUT2D eigenvalue weighted by Crippen LogP contribution is 2.33. The van der Waals surface area contributed by atoms with Gasteiger partial charge in [-0.05, 0) is 49.4 Å². The van der Waals surface area contributed by atoms with Crippen LogP contribution in [-0.4, -0.2) is 29.6 Å². The number of fused-ring (bicyclic) bond motifs is 3. The first-order valence-corrected chi connectivity index (χ1v) is 10.9. The number of nitrogens with zero attached hydrogens (tertiary/aromatic N) is 3. The third kappa shape index (κ3) is 4.02. The molecule has 4 rings (SSSR count). The molecular formula is C21H23ClN4O2S. The molecule has 0 saturated carbocycles. The molecule has 3 aromatic rings. The van der Waals surface area contributed by atoms with E-state index in [1.54, 1.807) is 34.4 Å². The minimum Gasteiger partial charge on any atom is -0.376 e. The van der Waals surface area contributed by atoms with Gasteiger partial charge < -0.3 is 10.2 Å². The number of carbonyl (C=O) groups excluding carboxylic acids is 1. The standard InChI is InChI=1S/C21H23ClN4O2S/c1-25(2)16-8-7-13(22)11-15(16)24-18(27)9-10-26-12-23-20-19(21(26)28)14-5-3-4-6-17(14)29-20/h7-8,11-12H,3-6,9-10H2,1-2H3,(H,24,27). The number of benzene rings is 1. The fourth-order valence-corrected chi connectivity index (χ4v) is 5.17. The molecule has 8 heteroatoms. The summed E-state index contributed by atoms with van der Waals surface area (Å²) in [4.78, 5) is 34.0. The first-order valence-electron chi connectivity index (χ1n) is 9.70. The van der Waals surface area contributed by atoms with Gasteiger partial charge in [0.15, 0.2) is 0 Å². The topological polar surface area (TPSA) is 67.2 Å². The molecule has 2 aromatic heterocycles. The van der Waals surface area contributed by atoms with Crippen LogP contribution in [0, 0.1) is 0 Å². The highest BCUT2D eigenvalue weighted by molar-refractivity contribution is 7.18. The molecule has 0 atom stereocenters. The maximum atomic E-state index is 13.0. The molecule has 0 aliphatic heterocycles. The molecule has 0 spiro atoms. The van der Waals surface area contributed by atoms with Gasteiger partial charge in [0.05, 0.1) is 23.1 Å². The van der Waals surface area contributed by atoms with Crippen LogP contribution in [0.4, 0.5) is 11.4 Å². The highest BCUT2D eigenvalue weighted by Gasteiger charge is 2.20. The van der Waals surface area contributed by atoms with Crippen molar-refractivity contribution < 1.29 is 4.79 Å². The predicted molar refractivity (Wildman–Crippen MR) is 120 cm³/mol. The van der Waals surface area contributed by atoms with Crippen molar-refractivity contribution in [3.8, 4) is 0 Å². The van der Waals surface area contributed by atoms with E-state index in [-0.39, 0.29) is 24.4 Å². The van der Waals surface area contributed by atoms with Crippen molar-refractivity contribution in [1.82, 2.24) is 9.55 Å². The molecule has 0 unspecified atom stereocenters. The zero-order valence-electron chi connectivity index (χ0n) is 16.5. The second-order valence-electron chi connectivity index (χ2n) is 7.49. The van der Waals surface area contributed by atoms with E-state index in [2.05, 4.69) is 10.3 Å². The zero-order chi connectivity index (χ0) is 20.5. The van der Waals surface area contributed by atoms with Crippen LogP contribution in [-0.2, 0) is 24.2 Å². The van der Waals surface area contributed by atoms with E-state index in [0.29, 0.717) is 10.7 Å². The first-order chi connectivity index (χ1) is 13.9. The van der Waals surface area contributed by atoms with Crippen LogP contribution in [0.25, 0.3) is 10.2 Å². The Morgan fingerprint density at radius 1 is 1.31 bits per heavy atom. The average molecular weight is 431 g/mol. The van der Waals surface area contributed by atoms with Crippen molar-refractivity contribution in [3.05, 3.63) is 50.3 Å². The minimum absolute atomic E-state index is 0.0427. The fourth-order valence-electron chi connectivity index (χ4n) is 3.77. The summed E-state index contributed by atoms with van der Waals surface area (Å²) < 4.78 is 1.55. The summed E-state index contributed by atoms with van der Waals surface area (Å²) in [5, 5.41) is 4.21. The second kappa shape index (κ2) is 8.16. The summed E-state index contributed by atoms with van der Waals surface area (Å²) >= 11 is 7.71. The van der Waals surface area contributed by atoms with E-state index in [1.165, 1.54) is 16.9 Å². The number of hydrogen-bond acceptors (Lipinski definition) is 5. The normalized spacial score (nSPS) is 13.3. The van der Waals surface area contributed by atoms with Gasteiger partial charge in [-0.3, -0.25) is 14.2 Å². The molecule has 2 heterocycles. The number of amides is 1. The summed E-state index contributed by atoms with van der Waals surface area (Å²) in [7, 11) is 3.81. The van der Waals surface area contributed by atoms with Crippen LogP contribution in [0.1, 0.15) is 29.7 Å². The van der Waals surface area contributed by atoms with Gasteiger partial charge >= 0.3 is 0 Å². The average Bonchev–Trinajstić information content (AvgIpc) is 3.06. The van der Waals surface area contributed by atoms with Crippen molar-refractivity contribution in [2.24, 2.45) is 0 Å². The van der Waals surface area contributed by atoms with Gasteiger partial charge in [-0.15, -0.1) is 11.3 Å². The lowest BCUT2D eigenvalue weighted by Crippen LogP contribution is -2.24. The van der Waals surface area contributed by atoms with E-state index in [9.17, 15) is 9.59 Å². The number of aromatic nitrogens is 2. The quantitative estimate of drug-likeness (QED) is 0.662. The molecule has 152 valence electrons. The molecule has 29 heavy (non-hydrogen) atoms. The van der Waals surface area contributed by atoms with Gasteiger partial charge in [0.2, 0.25) is 5.91 Å². The number of hydrogen-bond donors (Lipinski definition) is 1. The predicted octanol–water partition coefficient (Wildman–Crippen LogP) is 4.09. The maximum absolute atomic E-state index is 13.0. The first kappa shape index (κ1) is 19.9. The summed E-state index contributed by atoms with van der Waals surface area (Å²) in [6.45, 7) is 0.288. The molecule has 0 bridgehead atoms. The number of nitrogens with one attached hydrogen (secondary N) is 1. The molecule has 1 N–H and O–H groups in total. The van der Waals surface area contributed by atoms with Gasteiger partial charge in [0.25, 0.3) is 5.56 Å². The van der Waals surface area contributed by atoms with Gasteiger partial charge in [0, 0.05) is 37.0 Å². The molecule has 6 nitrogen and oxygen atoms in total. The molecule has 0 saturated heterocycles. The van der Waals surface area contributed by atoms with Crippen LogP contribution in [0.15, 0.2) is 29.3 Å². The van der Waals surface area contributed by atoms with E-state index in [1.807, 2.05) is 25.1 Å². The molecular weight excluding hydrogens is 408 g/mol. The SMILES string of the molecule is CN(C)c1ccc(Cl)cc1NC(=O)CCn1cnc2sc3c(c2c1=O)CCCC3. The lowest BCUT2D eigenvalue weighted by Gasteiger charge is -2.18. The largest absolute Gasteiger partial charge is 0.376 e. The number of aryl methyl sites for hydroxylation is 3. The third-order valence-electron chi connectivity index (χ3n) is 5.24. The van der Waals surface area contributed by atoms with Crippen LogP contribution < -0.4 is 15.8 Å². The monoisotopic (exact) mass is 430 g/mol. The van der Waals surface area contributed by atoms with E-state index in [0.717, 1.165) is 35.2 Å². The Hall–Kier alpha value is -2.38. The number of anilines is 2. The van der Waals surface area contributed by atoms with Crippen molar-refractivity contribution in [1.29, 1.82) is 0 Å². The van der Waals surface area contributed by atoms with Gasteiger partial charge in [-0.1, -0.05) is 11.6 Å². The number of thiophene rings is 1. The lowest BCUT2D eigenvalue weighted by molar-refractivity contribution is -0.116. The van der Waals surface area contributed by atoms with Crippen molar-refractivity contribution in [2.75, 3.05) is 24.3 Å². The lowest BCUT2D eigenvalue weighted by atomic mass is 9.97. The molecule has 1 aromatic carbocycles. The maximum Gasteiger partial charge on any atom is 0.262 e. The molecule has 1 aliphatic rings. The highest BCUT2D eigenvalue weighted by atomic mass is 35.5. The number of rotatable bonds is 5. The second-order valence-corrected chi connectivity index (χ2v) is 9.01. The minimum atomic E-state index is -0.172. The Kier molecular flexibility index (Phi) is 5.61. The van der Waals surface area contributed by atoms with Crippen molar-refractivity contribution in [2.45, 2.75) is 38.6 Å². The van der Waals surface area contributed by atoms with Crippen molar-refractivity contribution in [3.63, 3.8) is 0 Å². The molecule has 0 fully saturated rings. The van der Waals surface area contributed by atoms with E-state index < -0.39 is 0 Å². The van der Waals surface area contributed by atoms with Crippen LogP contribution in [0.3, 0.4) is 0 Å². The summed E-state index contributed by atoms with van der Waals surface area (Å²) in [5.74, 6) is -0.172. The Balaban J connectivity index is 1.52. The van der Waals surface area contributed by atoms with Crippen LogP contribution in [0.2, 0.25) is 5.02 Å². The zero-order valence-corrected chi connectivity index (χ0v) is 18.1. The fraction of sp³-hybridized carbons (Fsp3) is 0.381. The Morgan fingerprint density at radius 2 is 2.10 bits per heavy atom.